The van der Waals surface area contributed by atoms with Gasteiger partial charge in [0.25, 0.3) is 0 Å². The molecule has 0 fully saturated rings. The molecule has 0 aliphatic carbocycles. The van der Waals surface area contributed by atoms with Crippen molar-refractivity contribution < 1.29 is 9.18 Å². The zero-order valence-corrected chi connectivity index (χ0v) is 16.9. The molecule has 3 heterocycles. The molecule has 1 aromatic carbocycles. The smallest absolute Gasteiger partial charge is 0.225 e. The van der Waals surface area contributed by atoms with E-state index in [4.69, 9.17) is 0 Å². The van der Waals surface area contributed by atoms with E-state index in [1.807, 2.05) is 41.3 Å². The number of benzene rings is 1. The molecule has 30 heavy (non-hydrogen) atoms. The lowest BCUT2D eigenvalue weighted by molar-refractivity contribution is -0.125. The molecule has 1 N–H and O–H groups in total. The molecular formula is C22H23FN6O. The minimum absolute atomic E-state index is 0.0588. The van der Waals surface area contributed by atoms with Gasteiger partial charge in [-0.2, -0.15) is 0 Å². The van der Waals surface area contributed by atoms with Crippen LogP contribution in [0.15, 0.2) is 55.0 Å². The van der Waals surface area contributed by atoms with Gasteiger partial charge < -0.3 is 14.5 Å². The second kappa shape index (κ2) is 8.44. The lowest BCUT2D eigenvalue weighted by Crippen LogP contribution is -2.32. The first-order chi connectivity index (χ1) is 14.5. The third-order valence-electron chi connectivity index (χ3n) is 5.10. The van der Waals surface area contributed by atoms with E-state index >= 15 is 0 Å². The molecule has 4 aromatic rings. The molecule has 0 saturated carbocycles. The molecule has 0 aliphatic rings. The van der Waals surface area contributed by atoms with Gasteiger partial charge >= 0.3 is 0 Å². The van der Waals surface area contributed by atoms with Gasteiger partial charge in [-0.1, -0.05) is 19.1 Å². The van der Waals surface area contributed by atoms with Gasteiger partial charge in [-0.15, -0.1) is 0 Å². The summed E-state index contributed by atoms with van der Waals surface area (Å²) >= 11 is 0. The van der Waals surface area contributed by atoms with Crippen LogP contribution in [0, 0.1) is 18.7 Å². The highest BCUT2D eigenvalue weighted by Gasteiger charge is 2.17. The Balaban J connectivity index is 1.51. The van der Waals surface area contributed by atoms with Crippen molar-refractivity contribution in [2.45, 2.75) is 33.5 Å². The number of carbonyl (C=O) groups is 1. The van der Waals surface area contributed by atoms with E-state index in [0.717, 1.165) is 22.6 Å². The quantitative estimate of drug-likeness (QED) is 0.512. The fraction of sp³-hybridized carbons (Fsp3) is 0.273. The molecule has 7 nitrogen and oxygen atoms in total. The Morgan fingerprint density at radius 1 is 1.17 bits per heavy atom. The van der Waals surface area contributed by atoms with Crippen LogP contribution in [0.5, 0.6) is 0 Å². The normalized spacial score (nSPS) is 12.2. The predicted octanol–water partition coefficient (Wildman–Crippen LogP) is 3.08. The SMILES string of the molecule is Cc1nccn1C[C@H](C)C(=O)NCc1nc2cccnc2n1Cc1ccc(F)cc1. The van der Waals surface area contributed by atoms with Crippen LogP contribution in [0.1, 0.15) is 24.1 Å². The van der Waals surface area contributed by atoms with Crippen molar-refractivity contribution in [1.82, 2.24) is 29.4 Å². The van der Waals surface area contributed by atoms with Gasteiger partial charge in [0.05, 0.1) is 19.0 Å². The van der Waals surface area contributed by atoms with Crippen molar-refractivity contribution in [3.63, 3.8) is 0 Å². The first kappa shape index (κ1) is 19.8. The summed E-state index contributed by atoms with van der Waals surface area (Å²) in [4.78, 5) is 25.9. The Morgan fingerprint density at radius 3 is 2.70 bits per heavy atom. The number of aryl methyl sites for hydroxylation is 1. The summed E-state index contributed by atoms with van der Waals surface area (Å²) in [5.41, 5.74) is 2.41. The minimum atomic E-state index is -0.276. The number of imidazole rings is 2. The maximum Gasteiger partial charge on any atom is 0.225 e. The van der Waals surface area contributed by atoms with Crippen molar-refractivity contribution >= 4 is 17.1 Å². The first-order valence-electron chi connectivity index (χ1n) is 9.81. The second-order valence-electron chi connectivity index (χ2n) is 7.33. The lowest BCUT2D eigenvalue weighted by Gasteiger charge is -2.14. The third kappa shape index (κ3) is 4.22. The van der Waals surface area contributed by atoms with Crippen molar-refractivity contribution in [2.75, 3.05) is 0 Å². The number of aromatic nitrogens is 5. The molecule has 1 amide bonds. The van der Waals surface area contributed by atoms with Crippen molar-refractivity contribution in [1.29, 1.82) is 0 Å². The fourth-order valence-corrected chi connectivity index (χ4v) is 3.39. The van der Waals surface area contributed by atoms with Crippen LogP contribution in [0.25, 0.3) is 11.2 Å². The number of hydrogen-bond donors (Lipinski definition) is 1. The topological polar surface area (TPSA) is 77.6 Å². The monoisotopic (exact) mass is 406 g/mol. The van der Waals surface area contributed by atoms with E-state index in [1.165, 1.54) is 12.1 Å². The molecular weight excluding hydrogens is 383 g/mol. The van der Waals surface area contributed by atoms with Crippen LogP contribution >= 0.6 is 0 Å². The third-order valence-corrected chi connectivity index (χ3v) is 5.10. The molecule has 8 heteroatoms. The number of rotatable bonds is 7. The van der Waals surface area contributed by atoms with Gasteiger partial charge in [-0.3, -0.25) is 4.79 Å². The Labute approximate surface area is 173 Å². The van der Waals surface area contributed by atoms with Crippen molar-refractivity contribution in [2.24, 2.45) is 5.92 Å². The van der Waals surface area contributed by atoms with Gasteiger partial charge in [-0.25, -0.2) is 19.3 Å². The molecule has 0 bridgehead atoms. The number of nitrogens with one attached hydrogen (secondary N) is 1. The molecule has 3 aromatic heterocycles. The molecule has 0 unspecified atom stereocenters. The lowest BCUT2D eigenvalue weighted by atomic mass is 10.1. The first-order valence-corrected chi connectivity index (χ1v) is 9.81. The Kier molecular flexibility index (Phi) is 5.56. The average Bonchev–Trinajstić information content (AvgIpc) is 3.31. The second-order valence-corrected chi connectivity index (χ2v) is 7.33. The minimum Gasteiger partial charge on any atom is -0.349 e. The fourth-order valence-electron chi connectivity index (χ4n) is 3.39. The summed E-state index contributed by atoms with van der Waals surface area (Å²) in [6, 6.07) is 10.1. The number of carbonyl (C=O) groups excluding carboxylic acids is 1. The maximum atomic E-state index is 13.3. The van der Waals surface area contributed by atoms with Crippen LogP contribution in [0.3, 0.4) is 0 Å². The Hall–Kier alpha value is -3.55. The zero-order chi connectivity index (χ0) is 21.1. The Morgan fingerprint density at radius 2 is 1.97 bits per heavy atom. The van der Waals surface area contributed by atoms with Gasteiger partial charge in [-0.05, 0) is 36.8 Å². The molecule has 0 saturated heterocycles. The van der Waals surface area contributed by atoms with Gasteiger partial charge in [0.2, 0.25) is 5.91 Å². The summed E-state index contributed by atoms with van der Waals surface area (Å²) in [6.45, 7) is 5.13. The van der Waals surface area contributed by atoms with Crippen LogP contribution in [-0.4, -0.2) is 30.0 Å². The number of amides is 1. The van der Waals surface area contributed by atoms with Gasteiger partial charge in [0, 0.05) is 25.1 Å². The standard InChI is InChI=1S/C22H23FN6O/c1-15(13-28-11-10-24-16(28)2)22(30)26-12-20-27-19-4-3-9-25-21(19)29(20)14-17-5-7-18(23)8-6-17/h3-11,15H,12-14H2,1-2H3,(H,26,30)/t15-/m0/s1. The van der Waals surface area contributed by atoms with Gasteiger partial charge in [0.15, 0.2) is 5.65 Å². The summed E-state index contributed by atoms with van der Waals surface area (Å²) in [7, 11) is 0. The van der Waals surface area contributed by atoms with E-state index in [0.29, 0.717) is 18.9 Å². The molecule has 0 radical (unpaired) electrons. The molecule has 4 rings (SSSR count). The molecule has 1 atom stereocenters. The number of halogens is 1. The predicted molar refractivity (Wildman–Crippen MR) is 111 cm³/mol. The molecule has 154 valence electrons. The molecule has 0 aliphatic heterocycles. The number of nitrogens with zero attached hydrogens (tertiary/aromatic N) is 5. The number of pyridine rings is 1. The van der Waals surface area contributed by atoms with E-state index in [-0.39, 0.29) is 24.2 Å². The summed E-state index contributed by atoms with van der Waals surface area (Å²) in [5, 5.41) is 2.98. The summed E-state index contributed by atoms with van der Waals surface area (Å²) in [5.74, 6) is 1.03. The average molecular weight is 406 g/mol. The van der Waals surface area contributed by atoms with Crippen LogP contribution in [-0.2, 0) is 24.4 Å². The maximum absolute atomic E-state index is 13.3. The summed E-state index contributed by atoms with van der Waals surface area (Å²) in [6.07, 6.45) is 5.31. The Bertz CT molecular complexity index is 1160. The van der Waals surface area contributed by atoms with E-state index in [1.54, 1.807) is 24.5 Å². The van der Waals surface area contributed by atoms with Crippen molar-refractivity contribution in [3.05, 3.63) is 78.0 Å². The number of hydrogen-bond acceptors (Lipinski definition) is 4. The van der Waals surface area contributed by atoms with Crippen LogP contribution in [0.2, 0.25) is 0 Å². The molecule has 0 spiro atoms. The van der Waals surface area contributed by atoms with E-state index < -0.39 is 0 Å². The van der Waals surface area contributed by atoms with E-state index in [9.17, 15) is 9.18 Å². The zero-order valence-electron chi connectivity index (χ0n) is 16.9. The van der Waals surface area contributed by atoms with Gasteiger partial charge in [0.1, 0.15) is 23.0 Å². The largest absolute Gasteiger partial charge is 0.349 e. The highest BCUT2D eigenvalue weighted by atomic mass is 19.1. The highest BCUT2D eigenvalue weighted by Crippen LogP contribution is 2.16. The highest BCUT2D eigenvalue weighted by molar-refractivity contribution is 5.78. The van der Waals surface area contributed by atoms with E-state index in [2.05, 4.69) is 20.3 Å². The van der Waals surface area contributed by atoms with Crippen LogP contribution in [0.4, 0.5) is 4.39 Å². The summed E-state index contributed by atoms with van der Waals surface area (Å²) < 4.78 is 17.2. The van der Waals surface area contributed by atoms with Crippen molar-refractivity contribution in [3.8, 4) is 0 Å². The van der Waals surface area contributed by atoms with Crippen LogP contribution < -0.4 is 5.32 Å². The number of fused-ring (bicyclic) bond motifs is 1.